The van der Waals surface area contributed by atoms with E-state index in [0.29, 0.717) is 23.7 Å². The fraction of sp³-hybridized carbons (Fsp3) is 0.240. The van der Waals surface area contributed by atoms with Gasteiger partial charge in [-0.3, -0.25) is 4.79 Å². The molecule has 1 atom stereocenters. The van der Waals surface area contributed by atoms with Gasteiger partial charge in [0.1, 0.15) is 18.6 Å². The van der Waals surface area contributed by atoms with Crippen LogP contribution in [0.2, 0.25) is 0 Å². The zero-order valence-corrected chi connectivity index (χ0v) is 17.2. The number of methoxy groups -OCH3 is 1. The van der Waals surface area contributed by atoms with Gasteiger partial charge >= 0.3 is 0 Å². The van der Waals surface area contributed by atoms with Gasteiger partial charge in [-0.05, 0) is 60.4 Å². The van der Waals surface area contributed by atoms with Crippen LogP contribution in [0.1, 0.15) is 40.5 Å². The average molecular weight is 418 g/mol. The van der Waals surface area contributed by atoms with E-state index in [2.05, 4.69) is 5.32 Å². The summed E-state index contributed by atoms with van der Waals surface area (Å²) < 4.78 is 24.6. The van der Waals surface area contributed by atoms with Gasteiger partial charge in [-0.15, -0.1) is 0 Å². The standard InChI is InChI=1S/C25H23FN2O3/c1-30-23-14-17(8-13-22(23)31-15-16-6-9-18(26)10-7-16)24-27-21-5-3-2-4-20(21)25(29)28(24)19-11-12-19/h2-10,13-14,19,24,27H,11-12,15H2,1H3. The lowest BCUT2D eigenvalue weighted by Gasteiger charge is -2.38. The molecule has 5 rings (SSSR count). The number of carbonyl (C=O) groups excluding carboxylic acids is 1. The van der Waals surface area contributed by atoms with Gasteiger partial charge in [-0.2, -0.15) is 0 Å². The smallest absolute Gasteiger partial charge is 0.258 e. The summed E-state index contributed by atoms with van der Waals surface area (Å²) in [4.78, 5) is 15.1. The van der Waals surface area contributed by atoms with Crippen molar-refractivity contribution in [3.05, 3.63) is 89.2 Å². The molecule has 6 heteroatoms. The zero-order chi connectivity index (χ0) is 21.4. The molecular formula is C25H23FN2O3. The van der Waals surface area contributed by atoms with Crippen molar-refractivity contribution in [2.24, 2.45) is 0 Å². The maximum Gasteiger partial charge on any atom is 0.258 e. The van der Waals surface area contributed by atoms with E-state index in [0.717, 1.165) is 29.7 Å². The van der Waals surface area contributed by atoms with Gasteiger partial charge in [0.05, 0.1) is 12.7 Å². The number of anilines is 1. The van der Waals surface area contributed by atoms with Crippen molar-refractivity contribution in [1.29, 1.82) is 0 Å². The molecule has 0 spiro atoms. The molecule has 1 unspecified atom stereocenters. The third kappa shape index (κ3) is 3.81. The molecule has 1 heterocycles. The van der Waals surface area contributed by atoms with Crippen LogP contribution in [0, 0.1) is 5.82 Å². The molecule has 1 N–H and O–H groups in total. The van der Waals surface area contributed by atoms with Crippen molar-refractivity contribution in [2.75, 3.05) is 12.4 Å². The van der Waals surface area contributed by atoms with E-state index in [1.807, 2.05) is 47.4 Å². The molecule has 0 aromatic heterocycles. The molecule has 1 aliphatic heterocycles. The number of hydrogen-bond donors (Lipinski definition) is 1. The summed E-state index contributed by atoms with van der Waals surface area (Å²) in [7, 11) is 1.59. The van der Waals surface area contributed by atoms with Crippen molar-refractivity contribution in [3.63, 3.8) is 0 Å². The topological polar surface area (TPSA) is 50.8 Å². The lowest BCUT2D eigenvalue weighted by molar-refractivity contribution is 0.0666. The summed E-state index contributed by atoms with van der Waals surface area (Å²) in [6.07, 6.45) is 1.76. The maximum atomic E-state index is 13.2. The first-order valence-corrected chi connectivity index (χ1v) is 10.4. The molecule has 1 amide bonds. The molecule has 3 aromatic rings. The number of hydrogen-bond acceptors (Lipinski definition) is 4. The molecule has 3 aromatic carbocycles. The van der Waals surface area contributed by atoms with Crippen molar-refractivity contribution < 1.29 is 18.7 Å². The monoisotopic (exact) mass is 418 g/mol. The molecule has 2 aliphatic rings. The first-order chi connectivity index (χ1) is 15.1. The van der Waals surface area contributed by atoms with Crippen LogP contribution in [0.25, 0.3) is 0 Å². The first-order valence-electron chi connectivity index (χ1n) is 10.4. The Morgan fingerprint density at radius 1 is 1.03 bits per heavy atom. The van der Waals surface area contributed by atoms with Gasteiger partial charge in [0.25, 0.3) is 5.91 Å². The van der Waals surface area contributed by atoms with Gasteiger partial charge in [0.2, 0.25) is 0 Å². The van der Waals surface area contributed by atoms with Crippen LogP contribution in [-0.2, 0) is 6.61 Å². The van der Waals surface area contributed by atoms with Crippen molar-refractivity contribution >= 4 is 11.6 Å². The van der Waals surface area contributed by atoms with Crippen LogP contribution in [0.5, 0.6) is 11.5 Å². The Labute approximate surface area is 180 Å². The summed E-state index contributed by atoms with van der Waals surface area (Å²) in [5.41, 5.74) is 3.34. The highest BCUT2D eigenvalue weighted by molar-refractivity contribution is 6.02. The summed E-state index contributed by atoms with van der Waals surface area (Å²) in [5, 5.41) is 3.52. The quantitative estimate of drug-likeness (QED) is 0.602. The lowest BCUT2D eigenvalue weighted by atomic mass is 10.0. The van der Waals surface area contributed by atoms with Gasteiger partial charge in [0, 0.05) is 11.7 Å². The molecular weight excluding hydrogens is 395 g/mol. The third-order valence-corrected chi connectivity index (χ3v) is 5.71. The molecule has 0 bridgehead atoms. The molecule has 1 fully saturated rings. The van der Waals surface area contributed by atoms with E-state index in [1.54, 1.807) is 19.2 Å². The largest absolute Gasteiger partial charge is 0.493 e. The highest BCUT2D eigenvalue weighted by atomic mass is 19.1. The second-order valence-electron chi connectivity index (χ2n) is 7.86. The Morgan fingerprint density at radius 2 is 1.81 bits per heavy atom. The van der Waals surface area contributed by atoms with Crippen LogP contribution < -0.4 is 14.8 Å². The predicted molar refractivity (Wildman–Crippen MR) is 116 cm³/mol. The van der Waals surface area contributed by atoms with Gasteiger partial charge in [-0.25, -0.2) is 4.39 Å². The number of nitrogens with zero attached hydrogens (tertiary/aromatic N) is 1. The van der Waals surface area contributed by atoms with Crippen molar-refractivity contribution in [3.8, 4) is 11.5 Å². The van der Waals surface area contributed by atoms with Crippen molar-refractivity contribution in [2.45, 2.75) is 31.7 Å². The van der Waals surface area contributed by atoms with E-state index in [1.165, 1.54) is 12.1 Å². The second kappa shape index (κ2) is 7.95. The SMILES string of the molecule is COc1cc(C2Nc3ccccc3C(=O)N2C2CC2)ccc1OCc1ccc(F)cc1. The summed E-state index contributed by atoms with van der Waals surface area (Å²) in [5.74, 6) is 0.957. The summed E-state index contributed by atoms with van der Waals surface area (Å²) in [6.45, 7) is 0.303. The molecule has 0 saturated heterocycles. The number of para-hydroxylation sites is 1. The van der Waals surface area contributed by atoms with Crippen LogP contribution in [-0.4, -0.2) is 24.0 Å². The van der Waals surface area contributed by atoms with E-state index < -0.39 is 0 Å². The highest BCUT2D eigenvalue weighted by Crippen LogP contribution is 2.42. The summed E-state index contributed by atoms with van der Waals surface area (Å²) >= 11 is 0. The minimum Gasteiger partial charge on any atom is -0.493 e. The molecule has 158 valence electrons. The van der Waals surface area contributed by atoms with E-state index in [4.69, 9.17) is 9.47 Å². The Kier molecular flexibility index (Phi) is 4.98. The van der Waals surface area contributed by atoms with Crippen LogP contribution in [0.3, 0.4) is 0 Å². The van der Waals surface area contributed by atoms with Crippen LogP contribution >= 0.6 is 0 Å². The summed E-state index contributed by atoms with van der Waals surface area (Å²) in [6, 6.07) is 19.8. The average Bonchev–Trinajstić information content (AvgIpc) is 3.63. The minimum atomic E-state index is -0.276. The van der Waals surface area contributed by atoms with E-state index >= 15 is 0 Å². The highest BCUT2D eigenvalue weighted by Gasteiger charge is 2.42. The Morgan fingerprint density at radius 3 is 2.55 bits per heavy atom. The second-order valence-corrected chi connectivity index (χ2v) is 7.86. The maximum absolute atomic E-state index is 13.2. The number of amides is 1. The Bertz CT molecular complexity index is 1110. The van der Waals surface area contributed by atoms with Crippen LogP contribution in [0.15, 0.2) is 66.7 Å². The fourth-order valence-corrected chi connectivity index (χ4v) is 3.96. The van der Waals surface area contributed by atoms with E-state index in [-0.39, 0.29) is 23.9 Å². The molecule has 1 aliphatic carbocycles. The van der Waals surface area contributed by atoms with Crippen LogP contribution in [0.4, 0.5) is 10.1 Å². The molecule has 5 nitrogen and oxygen atoms in total. The van der Waals surface area contributed by atoms with E-state index in [9.17, 15) is 9.18 Å². The lowest BCUT2D eigenvalue weighted by Crippen LogP contribution is -2.44. The normalized spacial score (nSPS) is 17.7. The molecule has 0 radical (unpaired) electrons. The fourth-order valence-electron chi connectivity index (χ4n) is 3.96. The molecule has 1 saturated carbocycles. The Balaban J connectivity index is 1.42. The number of fused-ring (bicyclic) bond motifs is 1. The van der Waals surface area contributed by atoms with Crippen molar-refractivity contribution in [1.82, 2.24) is 4.90 Å². The third-order valence-electron chi connectivity index (χ3n) is 5.71. The van der Waals surface area contributed by atoms with Gasteiger partial charge in [-0.1, -0.05) is 30.3 Å². The first kappa shape index (κ1) is 19.4. The predicted octanol–water partition coefficient (Wildman–Crippen LogP) is 5.14. The molecule has 31 heavy (non-hydrogen) atoms. The number of nitrogens with one attached hydrogen (secondary N) is 1. The number of carbonyl (C=O) groups is 1. The number of rotatable bonds is 6. The number of ether oxygens (including phenoxy) is 2. The zero-order valence-electron chi connectivity index (χ0n) is 17.2. The number of benzene rings is 3. The number of halogens is 1. The minimum absolute atomic E-state index is 0.0532. The Hall–Kier alpha value is -3.54. The van der Waals surface area contributed by atoms with Gasteiger partial charge < -0.3 is 19.7 Å². The van der Waals surface area contributed by atoms with Gasteiger partial charge in [0.15, 0.2) is 11.5 Å².